The molecule has 40 heavy (non-hydrogen) atoms. The molecule has 1 fully saturated rings. The van der Waals surface area contributed by atoms with Crippen LogP contribution in [0.1, 0.15) is 53.6 Å². The average Bonchev–Trinajstić information content (AvgIpc) is 3.45. The molecule has 12 heteroatoms. The van der Waals surface area contributed by atoms with Crippen molar-refractivity contribution in [3.63, 3.8) is 0 Å². The second kappa shape index (κ2) is 11.7. The van der Waals surface area contributed by atoms with Crippen molar-refractivity contribution in [3.05, 3.63) is 77.9 Å². The number of carbonyl (C=O) groups is 1. The number of hydrogen-bond acceptors (Lipinski definition) is 7. The molecule has 1 amide bonds. The minimum atomic E-state index is -4.51. The van der Waals surface area contributed by atoms with Crippen molar-refractivity contribution in [1.29, 1.82) is 0 Å². The fraction of sp³-hybridized carbons (Fsp3) is 0.321. The quantitative estimate of drug-likeness (QED) is 0.297. The molecule has 2 N–H and O–H groups in total. The van der Waals surface area contributed by atoms with Crippen molar-refractivity contribution in [2.45, 2.75) is 45.2 Å². The summed E-state index contributed by atoms with van der Waals surface area (Å²) in [6.07, 6.45) is 6.16. The van der Waals surface area contributed by atoms with E-state index in [9.17, 15) is 18.0 Å². The topological polar surface area (TPSA) is 101 Å². The van der Waals surface area contributed by atoms with Crippen LogP contribution in [0.5, 0.6) is 0 Å². The highest BCUT2D eigenvalue weighted by atomic mass is 19.4. The number of rotatable bonds is 6. The van der Waals surface area contributed by atoms with E-state index in [1.54, 1.807) is 41.5 Å². The summed E-state index contributed by atoms with van der Waals surface area (Å²) in [7, 11) is 0. The molecule has 3 heterocycles. The summed E-state index contributed by atoms with van der Waals surface area (Å²) in [6.45, 7) is 3.56. The Morgan fingerprint density at radius 2 is 1.68 bits per heavy atom. The number of hydrogen-bond donors (Lipinski definition) is 2. The number of amides is 1. The number of alkyl halides is 3. The highest BCUT2D eigenvalue weighted by Crippen LogP contribution is 2.31. The van der Waals surface area contributed by atoms with Gasteiger partial charge in [0.2, 0.25) is 17.8 Å². The molecule has 5 rings (SSSR count). The van der Waals surface area contributed by atoms with Crippen molar-refractivity contribution >= 4 is 29.2 Å². The minimum absolute atomic E-state index is 0.0511. The van der Waals surface area contributed by atoms with Crippen molar-refractivity contribution < 1.29 is 18.0 Å². The largest absolute Gasteiger partial charge is 0.416 e. The molecule has 1 saturated heterocycles. The number of nitrogens with zero attached hydrogens (tertiary/aromatic N) is 6. The zero-order valence-corrected chi connectivity index (χ0v) is 21.9. The fourth-order valence-corrected chi connectivity index (χ4v) is 4.49. The first-order valence-corrected chi connectivity index (χ1v) is 13.1. The van der Waals surface area contributed by atoms with Gasteiger partial charge in [-0.1, -0.05) is 31.4 Å². The van der Waals surface area contributed by atoms with E-state index >= 15 is 0 Å². The third kappa shape index (κ3) is 6.56. The van der Waals surface area contributed by atoms with Crippen LogP contribution in [0.25, 0.3) is 5.95 Å². The SMILES string of the molecule is Cc1ccc(C(=O)Nc2cccc(C(F)(F)F)c2)cc1Nc1nc(N2CCCCCCC2)nc(-n2ccnc2)n1. The van der Waals surface area contributed by atoms with Gasteiger partial charge in [0.05, 0.1) is 5.56 Å². The molecule has 2 aromatic heterocycles. The number of imidazole rings is 1. The van der Waals surface area contributed by atoms with E-state index in [2.05, 4.69) is 25.5 Å². The van der Waals surface area contributed by atoms with Crippen LogP contribution in [0.4, 0.5) is 36.4 Å². The van der Waals surface area contributed by atoms with Crippen molar-refractivity contribution in [3.8, 4) is 5.95 Å². The van der Waals surface area contributed by atoms with E-state index in [-0.39, 0.29) is 11.3 Å². The predicted molar refractivity (Wildman–Crippen MR) is 146 cm³/mol. The summed E-state index contributed by atoms with van der Waals surface area (Å²) < 4.78 is 41.0. The molecule has 4 aromatic rings. The van der Waals surface area contributed by atoms with Crippen LogP contribution < -0.4 is 15.5 Å². The maximum Gasteiger partial charge on any atom is 0.416 e. The number of benzene rings is 2. The first-order valence-electron chi connectivity index (χ1n) is 13.1. The van der Waals surface area contributed by atoms with Gasteiger partial charge in [-0.05, 0) is 55.7 Å². The van der Waals surface area contributed by atoms with Gasteiger partial charge in [-0.3, -0.25) is 9.36 Å². The first kappa shape index (κ1) is 27.1. The van der Waals surface area contributed by atoms with Crippen LogP contribution >= 0.6 is 0 Å². The van der Waals surface area contributed by atoms with Gasteiger partial charge >= 0.3 is 6.18 Å². The maximum atomic E-state index is 13.1. The lowest BCUT2D eigenvalue weighted by Gasteiger charge is -2.25. The monoisotopic (exact) mass is 550 g/mol. The standard InChI is InChI=1S/C28H29F3N8O/c1-19-10-11-20(24(40)33-22-9-7-8-21(17-22)28(29,30)31)16-23(19)34-25-35-26(38-13-5-3-2-4-6-14-38)37-27(36-25)39-15-12-32-18-39/h7-12,15-18H,2-6,13-14H2,1H3,(H,33,40)(H,34,35,36,37). The molecule has 0 aliphatic carbocycles. The second-order valence-corrected chi connectivity index (χ2v) is 9.67. The predicted octanol–water partition coefficient (Wildman–Crippen LogP) is 6.15. The van der Waals surface area contributed by atoms with Gasteiger partial charge in [0.1, 0.15) is 6.33 Å². The molecule has 0 saturated carbocycles. The summed E-state index contributed by atoms with van der Waals surface area (Å²) in [6, 6.07) is 9.50. The molecule has 9 nitrogen and oxygen atoms in total. The van der Waals surface area contributed by atoms with Gasteiger partial charge in [0.25, 0.3) is 5.91 Å². The third-order valence-corrected chi connectivity index (χ3v) is 6.68. The van der Waals surface area contributed by atoms with Crippen molar-refractivity contribution in [2.75, 3.05) is 28.6 Å². The second-order valence-electron chi connectivity index (χ2n) is 9.67. The Morgan fingerprint density at radius 3 is 2.40 bits per heavy atom. The Hall–Kier alpha value is -4.48. The molecule has 2 aromatic carbocycles. The van der Waals surface area contributed by atoms with Gasteiger partial charge in [0.15, 0.2) is 0 Å². The first-order chi connectivity index (χ1) is 19.3. The molecule has 208 valence electrons. The summed E-state index contributed by atoms with van der Waals surface area (Å²) in [5.41, 5.74) is 0.885. The molecule has 0 atom stereocenters. The van der Waals surface area contributed by atoms with E-state index in [0.717, 1.165) is 56.5 Å². The van der Waals surface area contributed by atoms with Crippen molar-refractivity contribution in [2.24, 2.45) is 0 Å². The van der Waals surface area contributed by atoms with Crippen LogP contribution in [-0.4, -0.2) is 43.5 Å². The number of aromatic nitrogens is 5. The summed E-state index contributed by atoms with van der Waals surface area (Å²) >= 11 is 0. The summed E-state index contributed by atoms with van der Waals surface area (Å²) in [4.78, 5) is 33.2. The van der Waals surface area contributed by atoms with Crippen LogP contribution in [0, 0.1) is 6.92 Å². The van der Waals surface area contributed by atoms with Crippen LogP contribution in [0.3, 0.4) is 0 Å². The molecule has 0 unspecified atom stereocenters. The Morgan fingerprint density at radius 1 is 0.925 bits per heavy atom. The maximum absolute atomic E-state index is 13.1. The van der Waals surface area contributed by atoms with Gasteiger partial charge in [0, 0.05) is 42.4 Å². The minimum Gasteiger partial charge on any atom is -0.341 e. The van der Waals surface area contributed by atoms with Gasteiger partial charge in [-0.2, -0.15) is 28.1 Å². The lowest BCUT2D eigenvalue weighted by Crippen LogP contribution is -2.29. The smallest absolute Gasteiger partial charge is 0.341 e. The van der Waals surface area contributed by atoms with E-state index in [1.165, 1.54) is 18.6 Å². The lowest BCUT2D eigenvalue weighted by molar-refractivity contribution is -0.137. The molecule has 0 spiro atoms. The summed E-state index contributed by atoms with van der Waals surface area (Å²) in [5.74, 6) is 0.718. The zero-order chi connectivity index (χ0) is 28.1. The van der Waals surface area contributed by atoms with E-state index < -0.39 is 17.6 Å². The van der Waals surface area contributed by atoms with Gasteiger partial charge in [-0.15, -0.1) is 0 Å². The van der Waals surface area contributed by atoms with E-state index in [1.807, 2.05) is 6.92 Å². The highest BCUT2D eigenvalue weighted by Gasteiger charge is 2.30. The number of nitrogens with one attached hydrogen (secondary N) is 2. The number of halogens is 3. The Labute approximate surface area is 229 Å². The summed E-state index contributed by atoms with van der Waals surface area (Å²) in [5, 5.41) is 5.77. The van der Waals surface area contributed by atoms with E-state index in [4.69, 9.17) is 9.97 Å². The van der Waals surface area contributed by atoms with Gasteiger partial charge in [-0.25, -0.2) is 4.98 Å². The number of aryl methyl sites for hydroxylation is 1. The molecule has 0 radical (unpaired) electrons. The van der Waals surface area contributed by atoms with Gasteiger partial charge < -0.3 is 15.5 Å². The molecular weight excluding hydrogens is 521 g/mol. The molecule has 1 aliphatic rings. The van der Waals surface area contributed by atoms with Crippen molar-refractivity contribution in [1.82, 2.24) is 24.5 Å². The molecular formula is C28H29F3N8O. The van der Waals surface area contributed by atoms with E-state index in [0.29, 0.717) is 23.5 Å². The highest BCUT2D eigenvalue weighted by molar-refractivity contribution is 6.05. The Bertz CT molecular complexity index is 1460. The lowest BCUT2D eigenvalue weighted by atomic mass is 10.1. The normalized spacial score (nSPS) is 14.3. The molecule has 0 bridgehead atoms. The third-order valence-electron chi connectivity index (χ3n) is 6.68. The van der Waals surface area contributed by atoms with Crippen LogP contribution in [-0.2, 0) is 6.18 Å². The fourth-order valence-electron chi connectivity index (χ4n) is 4.49. The average molecular weight is 551 g/mol. The molecule has 1 aliphatic heterocycles. The Kier molecular flexibility index (Phi) is 7.94. The Balaban J connectivity index is 1.41. The zero-order valence-electron chi connectivity index (χ0n) is 21.9. The van der Waals surface area contributed by atoms with Crippen LogP contribution in [0.15, 0.2) is 61.2 Å². The number of anilines is 4. The van der Waals surface area contributed by atoms with Crippen LogP contribution in [0.2, 0.25) is 0 Å². The number of carbonyl (C=O) groups excluding carboxylic acids is 1.